The first kappa shape index (κ1) is 4.17. The van der Waals surface area contributed by atoms with Crippen LogP contribution < -0.4 is 0 Å². The molecule has 0 aliphatic heterocycles. The minimum atomic E-state index is 0.880. The van der Waals surface area contributed by atoms with Gasteiger partial charge in [-0.25, -0.2) is 0 Å². The molecule has 0 nitrogen and oxygen atoms in total. The summed E-state index contributed by atoms with van der Waals surface area (Å²) in [7, 11) is 0. The molecule has 0 heterocycles. The van der Waals surface area contributed by atoms with Crippen LogP contribution in [-0.2, 0) is 0 Å². The van der Waals surface area contributed by atoms with E-state index < -0.39 is 0 Å². The summed E-state index contributed by atoms with van der Waals surface area (Å²) >= 11 is 0. The van der Waals surface area contributed by atoms with E-state index >= 15 is 0 Å². The minimum absolute atomic E-state index is 0.880. The fraction of sp³-hybridized carbons (Fsp3) is 0.833. The molecule has 0 aromatic carbocycles. The molecule has 0 amide bonds. The van der Waals surface area contributed by atoms with Crippen molar-refractivity contribution in [1.82, 2.24) is 0 Å². The molecule has 1 aliphatic rings. The second-order valence-corrected chi connectivity index (χ2v) is 2.21. The number of hydrogen-bond donors (Lipinski definition) is 0. The van der Waals surface area contributed by atoms with Crippen LogP contribution in [0.3, 0.4) is 0 Å². The van der Waals surface area contributed by atoms with Crippen molar-refractivity contribution in [3.8, 4) is 0 Å². The molecule has 2 unspecified atom stereocenters. The first-order chi connectivity index (χ1) is 2.84. The lowest BCUT2D eigenvalue weighted by Crippen LogP contribution is -1.68. The zero-order valence-electron chi connectivity index (χ0n) is 4.15. The summed E-state index contributed by atoms with van der Waals surface area (Å²) in [6.45, 7) is 7.57. The van der Waals surface area contributed by atoms with Gasteiger partial charge in [-0.15, -0.1) is 0 Å². The smallest absolute Gasteiger partial charge is 0.0349 e. The number of rotatable bonds is 1. The Bertz CT molecular complexity index is 46.0. The maximum Gasteiger partial charge on any atom is -0.0349 e. The van der Waals surface area contributed by atoms with Crippen molar-refractivity contribution in [3.63, 3.8) is 0 Å². The Kier molecular flexibility index (Phi) is 0.868. The van der Waals surface area contributed by atoms with E-state index in [4.69, 9.17) is 6.92 Å². The van der Waals surface area contributed by atoms with Gasteiger partial charge in [0.15, 0.2) is 0 Å². The molecule has 0 heteroatoms. The molecule has 34 valence electrons. The van der Waals surface area contributed by atoms with Crippen LogP contribution in [0.4, 0.5) is 0 Å². The predicted molar refractivity (Wildman–Crippen MR) is 26.2 cm³/mol. The third kappa shape index (κ3) is 0.562. The molecule has 0 saturated heterocycles. The lowest BCUT2D eigenvalue weighted by molar-refractivity contribution is 0.764. The normalized spacial score (nSPS) is 43.0. The summed E-state index contributed by atoms with van der Waals surface area (Å²) in [5, 5.41) is 0. The molecule has 2 atom stereocenters. The van der Waals surface area contributed by atoms with Gasteiger partial charge in [0.05, 0.1) is 0 Å². The summed E-state index contributed by atoms with van der Waals surface area (Å²) in [5.74, 6) is 1.82. The zero-order chi connectivity index (χ0) is 4.57. The van der Waals surface area contributed by atoms with E-state index in [-0.39, 0.29) is 0 Å². The van der Waals surface area contributed by atoms with Crippen molar-refractivity contribution in [3.05, 3.63) is 6.92 Å². The third-order valence-corrected chi connectivity index (χ3v) is 1.58. The van der Waals surface area contributed by atoms with E-state index in [9.17, 15) is 0 Å². The van der Waals surface area contributed by atoms with Gasteiger partial charge in [0.25, 0.3) is 0 Å². The van der Waals surface area contributed by atoms with Crippen LogP contribution in [0.2, 0.25) is 0 Å². The minimum Gasteiger partial charge on any atom is -0.0622 e. The van der Waals surface area contributed by atoms with Gasteiger partial charge >= 0.3 is 0 Å². The molecule has 2 radical (unpaired) electrons. The highest BCUT2D eigenvalue weighted by Gasteiger charge is 2.29. The van der Waals surface area contributed by atoms with Gasteiger partial charge in [-0.2, -0.15) is 0 Å². The lowest BCUT2D eigenvalue weighted by Gasteiger charge is -1.78. The van der Waals surface area contributed by atoms with Crippen molar-refractivity contribution in [1.29, 1.82) is 0 Å². The fourth-order valence-corrected chi connectivity index (χ4v) is 0.728. The third-order valence-electron chi connectivity index (χ3n) is 1.58. The summed E-state index contributed by atoms with van der Waals surface area (Å²) in [6.07, 6.45) is 2.28. The Morgan fingerprint density at radius 2 is 2.33 bits per heavy atom. The first-order valence-corrected chi connectivity index (χ1v) is 2.54. The molecule has 0 spiro atoms. The van der Waals surface area contributed by atoms with Crippen molar-refractivity contribution >= 4 is 0 Å². The van der Waals surface area contributed by atoms with Gasteiger partial charge in [0, 0.05) is 0 Å². The van der Waals surface area contributed by atoms with E-state index in [0.717, 1.165) is 18.3 Å². The van der Waals surface area contributed by atoms with E-state index in [1.165, 1.54) is 6.42 Å². The van der Waals surface area contributed by atoms with Crippen LogP contribution in [0.25, 0.3) is 0 Å². The van der Waals surface area contributed by atoms with Crippen LogP contribution in [0.1, 0.15) is 19.8 Å². The van der Waals surface area contributed by atoms with E-state index in [2.05, 4.69) is 6.92 Å². The van der Waals surface area contributed by atoms with Crippen LogP contribution >= 0.6 is 0 Å². The van der Waals surface area contributed by atoms with Crippen LogP contribution in [0.15, 0.2) is 0 Å². The van der Waals surface area contributed by atoms with Crippen molar-refractivity contribution in [2.75, 3.05) is 0 Å². The second-order valence-electron chi connectivity index (χ2n) is 2.21. The topological polar surface area (TPSA) is 0 Å². The molecule has 0 aromatic rings. The van der Waals surface area contributed by atoms with E-state index in [1.807, 2.05) is 0 Å². The molecule has 0 bridgehead atoms. The molecular formula is C6H10. The van der Waals surface area contributed by atoms with Gasteiger partial charge in [-0.1, -0.05) is 6.92 Å². The van der Waals surface area contributed by atoms with Gasteiger partial charge in [0.1, 0.15) is 0 Å². The Hall–Kier alpha value is 0. The first-order valence-electron chi connectivity index (χ1n) is 2.54. The monoisotopic (exact) mass is 82.1 g/mol. The fourth-order valence-electron chi connectivity index (χ4n) is 0.728. The van der Waals surface area contributed by atoms with E-state index in [0.29, 0.717) is 0 Å². The highest BCUT2D eigenvalue weighted by atomic mass is 14.3. The molecule has 1 fully saturated rings. The van der Waals surface area contributed by atoms with Crippen LogP contribution in [0, 0.1) is 18.8 Å². The molecule has 1 aliphatic carbocycles. The average Bonchev–Trinajstić information content (AvgIpc) is 2.19. The largest absolute Gasteiger partial charge is 0.0622 e. The highest BCUT2D eigenvalue weighted by Crippen LogP contribution is 2.39. The predicted octanol–water partition coefficient (Wildman–Crippen LogP) is 1.74. The maximum atomic E-state index is 5.32. The lowest BCUT2D eigenvalue weighted by atomic mass is 10.3. The van der Waals surface area contributed by atoms with E-state index in [1.54, 1.807) is 0 Å². The van der Waals surface area contributed by atoms with Crippen molar-refractivity contribution in [2.45, 2.75) is 19.8 Å². The highest BCUT2D eigenvalue weighted by molar-refractivity contribution is 4.82. The van der Waals surface area contributed by atoms with Crippen molar-refractivity contribution in [2.24, 2.45) is 11.8 Å². The van der Waals surface area contributed by atoms with Gasteiger partial charge in [-0.3, -0.25) is 0 Å². The van der Waals surface area contributed by atoms with Crippen LogP contribution in [-0.4, -0.2) is 0 Å². The molecule has 0 aromatic heterocycles. The van der Waals surface area contributed by atoms with Crippen LogP contribution in [0.5, 0.6) is 0 Å². The van der Waals surface area contributed by atoms with Gasteiger partial charge < -0.3 is 0 Å². The summed E-state index contributed by atoms with van der Waals surface area (Å²) in [6, 6.07) is 0. The molecule has 6 heavy (non-hydrogen) atoms. The average molecular weight is 82.1 g/mol. The standard InChI is InChI=1S/C6H10/c1-3-6-4-5(6)2/h1,5-6H,3-4H2,2H3. The van der Waals surface area contributed by atoms with Gasteiger partial charge in [0.2, 0.25) is 0 Å². The Labute approximate surface area is 39.6 Å². The second kappa shape index (κ2) is 1.25. The molecule has 0 N–H and O–H groups in total. The summed E-state index contributed by atoms with van der Waals surface area (Å²) in [5.41, 5.74) is 0. The Morgan fingerprint density at radius 1 is 1.83 bits per heavy atom. The molecular weight excluding hydrogens is 72.1 g/mol. The number of hydrogen-bond acceptors (Lipinski definition) is 0. The molecule has 1 saturated carbocycles. The maximum absolute atomic E-state index is 5.32. The summed E-state index contributed by atoms with van der Waals surface area (Å²) < 4.78 is 0. The Morgan fingerprint density at radius 3 is 2.33 bits per heavy atom. The Balaban J connectivity index is 2.09. The van der Waals surface area contributed by atoms with Crippen molar-refractivity contribution < 1.29 is 0 Å². The SMILES string of the molecule is [CH]CC1CC1C. The molecule has 1 rings (SSSR count). The van der Waals surface area contributed by atoms with Gasteiger partial charge in [-0.05, 0) is 31.6 Å². The summed E-state index contributed by atoms with van der Waals surface area (Å²) in [4.78, 5) is 0. The zero-order valence-corrected chi connectivity index (χ0v) is 4.15. The quantitative estimate of drug-likeness (QED) is 0.452.